The zero-order valence-electron chi connectivity index (χ0n) is 13.8. The van der Waals surface area contributed by atoms with Gasteiger partial charge in [0.2, 0.25) is 0 Å². The van der Waals surface area contributed by atoms with Gasteiger partial charge in [0.25, 0.3) is 5.91 Å². The number of likely N-dealkylation sites (tertiary alicyclic amines) is 1. The van der Waals surface area contributed by atoms with Gasteiger partial charge in [0.1, 0.15) is 5.82 Å². The van der Waals surface area contributed by atoms with E-state index in [2.05, 4.69) is 0 Å². The number of benzene rings is 1. The Morgan fingerprint density at radius 2 is 2.35 bits per heavy atom. The van der Waals surface area contributed by atoms with Crippen LogP contribution in [0, 0.1) is 12.7 Å². The average molecular weight is 321 g/mol. The van der Waals surface area contributed by atoms with Crippen LogP contribution in [0.1, 0.15) is 42.1 Å². The smallest absolute Gasteiger partial charge is 0.254 e. The highest BCUT2D eigenvalue weighted by molar-refractivity contribution is 5.95. The standard InChI is InChI=1S/C18H24FNO3/c1-3-22-15-10-18(23-11-15)7-4-8-20(12-18)17(21)16-6-5-14(19)9-13(16)2/h5-6,9,15H,3-4,7-8,10-12H2,1-2H3/t15-,18-/m0/s1. The molecule has 126 valence electrons. The molecule has 0 radical (unpaired) electrons. The molecule has 2 fully saturated rings. The zero-order valence-corrected chi connectivity index (χ0v) is 13.8. The highest BCUT2D eigenvalue weighted by Gasteiger charge is 2.45. The van der Waals surface area contributed by atoms with E-state index in [1.54, 1.807) is 13.0 Å². The number of amides is 1. The van der Waals surface area contributed by atoms with Crippen molar-refractivity contribution >= 4 is 5.91 Å². The van der Waals surface area contributed by atoms with Crippen LogP contribution in [0.5, 0.6) is 0 Å². The lowest BCUT2D eigenvalue weighted by Gasteiger charge is -2.39. The van der Waals surface area contributed by atoms with Crippen LogP contribution < -0.4 is 0 Å². The van der Waals surface area contributed by atoms with Gasteiger partial charge in [-0.05, 0) is 50.5 Å². The van der Waals surface area contributed by atoms with Crippen molar-refractivity contribution in [2.45, 2.75) is 44.8 Å². The lowest BCUT2D eigenvalue weighted by atomic mass is 9.88. The summed E-state index contributed by atoms with van der Waals surface area (Å²) in [6.45, 7) is 6.35. The van der Waals surface area contributed by atoms with Gasteiger partial charge in [0, 0.05) is 25.1 Å². The van der Waals surface area contributed by atoms with Gasteiger partial charge in [-0.25, -0.2) is 4.39 Å². The predicted octanol–water partition coefficient (Wildman–Crippen LogP) is 2.93. The molecule has 0 aliphatic carbocycles. The van der Waals surface area contributed by atoms with Crippen LogP contribution >= 0.6 is 0 Å². The summed E-state index contributed by atoms with van der Waals surface area (Å²) in [6.07, 6.45) is 2.85. The zero-order chi connectivity index (χ0) is 16.4. The van der Waals surface area contributed by atoms with Gasteiger partial charge in [-0.1, -0.05) is 0 Å². The molecule has 2 saturated heterocycles. The van der Waals surface area contributed by atoms with Crippen LogP contribution in [0.25, 0.3) is 0 Å². The number of carbonyl (C=O) groups excluding carboxylic acids is 1. The number of halogens is 1. The Kier molecular flexibility index (Phi) is 4.69. The van der Waals surface area contributed by atoms with E-state index in [4.69, 9.17) is 9.47 Å². The van der Waals surface area contributed by atoms with Crippen molar-refractivity contribution in [1.29, 1.82) is 0 Å². The molecule has 2 atom stereocenters. The number of piperidine rings is 1. The molecular weight excluding hydrogens is 297 g/mol. The monoisotopic (exact) mass is 321 g/mol. The molecule has 2 aliphatic rings. The molecule has 1 aromatic carbocycles. The summed E-state index contributed by atoms with van der Waals surface area (Å²) in [6, 6.07) is 4.33. The molecule has 0 N–H and O–H groups in total. The van der Waals surface area contributed by atoms with E-state index in [1.807, 2.05) is 11.8 Å². The van der Waals surface area contributed by atoms with Crippen LogP contribution in [-0.2, 0) is 9.47 Å². The first-order valence-electron chi connectivity index (χ1n) is 8.34. The predicted molar refractivity (Wildman–Crippen MR) is 85.0 cm³/mol. The Hall–Kier alpha value is -1.46. The summed E-state index contributed by atoms with van der Waals surface area (Å²) in [5, 5.41) is 0. The summed E-state index contributed by atoms with van der Waals surface area (Å²) in [7, 11) is 0. The van der Waals surface area contributed by atoms with Gasteiger partial charge in [-0.2, -0.15) is 0 Å². The minimum atomic E-state index is -0.312. The van der Waals surface area contributed by atoms with Crippen LogP contribution in [0.2, 0.25) is 0 Å². The summed E-state index contributed by atoms with van der Waals surface area (Å²) >= 11 is 0. The lowest BCUT2D eigenvalue weighted by molar-refractivity contribution is -0.0462. The fourth-order valence-corrected chi connectivity index (χ4v) is 3.74. The van der Waals surface area contributed by atoms with Gasteiger partial charge in [0.05, 0.1) is 24.9 Å². The SMILES string of the molecule is CCO[C@@H]1CO[C@@]2(CCCN(C(=O)c3ccc(F)cc3C)C2)C1. The first kappa shape index (κ1) is 16.4. The average Bonchev–Trinajstić information content (AvgIpc) is 2.89. The maximum absolute atomic E-state index is 13.3. The lowest BCUT2D eigenvalue weighted by Crippen LogP contribution is -2.50. The number of carbonyl (C=O) groups is 1. The number of hydrogen-bond acceptors (Lipinski definition) is 3. The Bertz CT molecular complexity index is 592. The van der Waals surface area contributed by atoms with Crippen molar-refractivity contribution in [2.75, 3.05) is 26.3 Å². The minimum Gasteiger partial charge on any atom is -0.376 e. The fourth-order valence-electron chi connectivity index (χ4n) is 3.74. The number of aryl methyl sites for hydroxylation is 1. The fraction of sp³-hybridized carbons (Fsp3) is 0.611. The van der Waals surface area contributed by atoms with Gasteiger partial charge in [-0.15, -0.1) is 0 Å². The van der Waals surface area contributed by atoms with Gasteiger partial charge in [0.15, 0.2) is 0 Å². The van der Waals surface area contributed by atoms with E-state index in [-0.39, 0.29) is 23.4 Å². The Balaban J connectivity index is 1.72. The molecule has 5 heteroatoms. The second kappa shape index (κ2) is 6.57. The molecule has 23 heavy (non-hydrogen) atoms. The van der Waals surface area contributed by atoms with Crippen molar-refractivity contribution < 1.29 is 18.7 Å². The van der Waals surface area contributed by atoms with E-state index in [0.717, 1.165) is 25.8 Å². The first-order valence-corrected chi connectivity index (χ1v) is 8.34. The van der Waals surface area contributed by atoms with Crippen LogP contribution in [0.4, 0.5) is 4.39 Å². The van der Waals surface area contributed by atoms with Crippen molar-refractivity contribution in [1.82, 2.24) is 4.90 Å². The largest absolute Gasteiger partial charge is 0.376 e. The normalized spacial score (nSPS) is 27.6. The molecule has 2 heterocycles. The molecule has 0 bridgehead atoms. The van der Waals surface area contributed by atoms with Crippen LogP contribution in [0.3, 0.4) is 0 Å². The third kappa shape index (κ3) is 3.40. The Morgan fingerprint density at radius 3 is 3.09 bits per heavy atom. The van der Waals surface area contributed by atoms with Gasteiger partial charge in [-0.3, -0.25) is 4.79 Å². The molecule has 1 aromatic rings. The summed E-state index contributed by atoms with van der Waals surface area (Å²) in [5.74, 6) is -0.349. The molecular formula is C18H24FNO3. The van der Waals surface area contributed by atoms with E-state index < -0.39 is 0 Å². The number of nitrogens with zero attached hydrogens (tertiary/aromatic N) is 1. The van der Waals surface area contributed by atoms with Gasteiger partial charge >= 0.3 is 0 Å². The van der Waals surface area contributed by atoms with E-state index in [1.165, 1.54) is 12.1 Å². The van der Waals surface area contributed by atoms with Crippen molar-refractivity contribution in [3.63, 3.8) is 0 Å². The molecule has 3 rings (SSSR count). The maximum Gasteiger partial charge on any atom is 0.254 e. The van der Waals surface area contributed by atoms with Crippen LogP contribution in [0.15, 0.2) is 18.2 Å². The Morgan fingerprint density at radius 1 is 1.52 bits per heavy atom. The molecule has 1 spiro atoms. The highest BCUT2D eigenvalue weighted by Crippen LogP contribution is 2.36. The molecule has 1 amide bonds. The Labute approximate surface area is 136 Å². The third-order valence-corrected chi connectivity index (χ3v) is 4.82. The first-order chi connectivity index (χ1) is 11.0. The number of rotatable bonds is 3. The minimum absolute atomic E-state index is 0.0370. The topological polar surface area (TPSA) is 38.8 Å². The van der Waals surface area contributed by atoms with E-state index in [0.29, 0.717) is 30.9 Å². The quantitative estimate of drug-likeness (QED) is 0.859. The molecule has 0 unspecified atom stereocenters. The van der Waals surface area contributed by atoms with Crippen molar-refractivity contribution in [2.24, 2.45) is 0 Å². The molecule has 2 aliphatic heterocycles. The molecule has 0 aromatic heterocycles. The second-order valence-corrected chi connectivity index (χ2v) is 6.56. The third-order valence-electron chi connectivity index (χ3n) is 4.82. The van der Waals surface area contributed by atoms with Crippen molar-refractivity contribution in [3.8, 4) is 0 Å². The van der Waals surface area contributed by atoms with Crippen LogP contribution in [-0.4, -0.2) is 48.8 Å². The van der Waals surface area contributed by atoms with E-state index >= 15 is 0 Å². The molecule has 4 nitrogen and oxygen atoms in total. The summed E-state index contributed by atoms with van der Waals surface area (Å²) < 4.78 is 25.0. The van der Waals surface area contributed by atoms with E-state index in [9.17, 15) is 9.18 Å². The number of hydrogen-bond donors (Lipinski definition) is 0. The highest BCUT2D eigenvalue weighted by atomic mass is 19.1. The summed E-state index contributed by atoms with van der Waals surface area (Å²) in [4.78, 5) is 14.6. The molecule has 0 saturated carbocycles. The maximum atomic E-state index is 13.3. The summed E-state index contributed by atoms with van der Waals surface area (Å²) in [5.41, 5.74) is 0.971. The van der Waals surface area contributed by atoms with Gasteiger partial charge < -0.3 is 14.4 Å². The second-order valence-electron chi connectivity index (χ2n) is 6.56. The number of ether oxygens (including phenoxy) is 2. The van der Waals surface area contributed by atoms with Crippen molar-refractivity contribution in [3.05, 3.63) is 35.1 Å².